The van der Waals surface area contributed by atoms with Crippen LogP contribution in [0.2, 0.25) is 0 Å². The zero-order chi connectivity index (χ0) is 24.9. The SMILES string of the molecule is COc1cccc(OCC2c3ccsc3CCN2C(=O)CN(C(=O)c2ccccc2F)C(C)C)c1. The van der Waals surface area contributed by atoms with Gasteiger partial charge in [-0.05, 0) is 61.5 Å². The van der Waals surface area contributed by atoms with E-state index in [1.807, 2.05) is 43.5 Å². The van der Waals surface area contributed by atoms with E-state index < -0.39 is 11.7 Å². The van der Waals surface area contributed by atoms with Crippen LogP contribution >= 0.6 is 11.3 Å². The normalized spacial score (nSPS) is 15.0. The topological polar surface area (TPSA) is 59.1 Å². The summed E-state index contributed by atoms with van der Waals surface area (Å²) in [5.74, 6) is 0.0524. The summed E-state index contributed by atoms with van der Waals surface area (Å²) >= 11 is 1.67. The number of benzene rings is 2. The van der Waals surface area contributed by atoms with Crippen molar-refractivity contribution < 1.29 is 23.5 Å². The molecule has 3 aromatic rings. The Balaban J connectivity index is 1.54. The molecule has 35 heavy (non-hydrogen) atoms. The van der Waals surface area contributed by atoms with Crippen LogP contribution in [-0.2, 0) is 11.2 Å². The molecule has 1 atom stereocenters. The van der Waals surface area contributed by atoms with E-state index in [2.05, 4.69) is 0 Å². The van der Waals surface area contributed by atoms with Gasteiger partial charge in [-0.25, -0.2) is 4.39 Å². The molecule has 1 unspecified atom stereocenters. The average Bonchev–Trinajstić information content (AvgIpc) is 3.34. The minimum atomic E-state index is -0.596. The summed E-state index contributed by atoms with van der Waals surface area (Å²) in [5.41, 5.74) is 1.03. The third-order valence-electron chi connectivity index (χ3n) is 6.16. The Morgan fingerprint density at radius 3 is 2.66 bits per heavy atom. The second kappa shape index (κ2) is 10.9. The van der Waals surface area contributed by atoms with Gasteiger partial charge < -0.3 is 19.3 Å². The minimum absolute atomic E-state index is 0.0364. The minimum Gasteiger partial charge on any atom is -0.497 e. The summed E-state index contributed by atoms with van der Waals surface area (Å²) in [6, 6.07) is 14.7. The molecule has 0 fully saturated rings. The van der Waals surface area contributed by atoms with Gasteiger partial charge in [-0.2, -0.15) is 0 Å². The van der Waals surface area contributed by atoms with Crippen molar-refractivity contribution >= 4 is 23.2 Å². The highest BCUT2D eigenvalue weighted by Crippen LogP contribution is 2.34. The first-order valence-corrected chi connectivity index (χ1v) is 12.4. The Labute approximate surface area is 208 Å². The second-order valence-corrected chi connectivity index (χ2v) is 9.65. The van der Waals surface area contributed by atoms with E-state index in [1.54, 1.807) is 35.5 Å². The van der Waals surface area contributed by atoms with Gasteiger partial charge in [-0.15, -0.1) is 11.3 Å². The van der Waals surface area contributed by atoms with Crippen molar-refractivity contribution in [3.63, 3.8) is 0 Å². The van der Waals surface area contributed by atoms with Crippen LogP contribution in [0.1, 0.15) is 40.7 Å². The molecule has 0 radical (unpaired) electrons. The summed E-state index contributed by atoms with van der Waals surface area (Å²) in [7, 11) is 1.60. The van der Waals surface area contributed by atoms with Gasteiger partial charge in [0.1, 0.15) is 30.5 Å². The van der Waals surface area contributed by atoms with Crippen LogP contribution in [0.3, 0.4) is 0 Å². The van der Waals surface area contributed by atoms with E-state index in [1.165, 1.54) is 28.0 Å². The van der Waals surface area contributed by atoms with Crippen LogP contribution in [0.4, 0.5) is 4.39 Å². The summed E-state index contributed by atoms with van der Waals surface area (Å²) in [4.78, 5) is 31.1. The molecule has 0 bridgehead atoms. The highest BCUT2D eigenvalue weighted by molar-refractivity contribution is 7.10. The zero-order valence-electron chi connectivity index (χ0n) is 20.1. The maximum Gasteiger partial charge on any atom is 0.257 e. The van der Waals surface area contributed by atoms with Crippen LogP contribution < -0.4 is 9.47 Å². The van der Waals surface area contributed by atoms with Crippen molar-refractivity contribution in [3.05, 3.63) is 81.8 Å². The number of amides is 2. The maximum atomic E-state index is 14.3. The monoisotopic (exact) mass is 496 g/mol. The molecule has 0 aliphatic carbocycles. The predicted octanol–water partition coefficient (Wildman–Crippen LogP) is 4.95. The number of hydrogen-bond acceptors (Lipinski definition) is 5. The average molecular weight is 497 g/mol. The first-order valence-electron chi connectivity index (χ1n) is 11.6. The van der Waals surface area contributed by atoms with Crippen molar-refractivity contribution in [2.45, 2.75) is 32.4 Å². The lowest BCUT2D eigenvalue weighted by atomic mass is 10.00. The fraction of sp³-hybridized carbons (Fsp3) is 0.333. The molecule has 8 heteroatoms. The number of carbonyl (C=O) groups excluding carboxylic acids is 2. The van der Waals surface area contributed by atoms with Crippen molar-refractivity contribution in [3.8, 4) is 11.5 Å². The highest BCUT2D eigenvalue weighted by atomic mass is 32.1. The molecule has 184 valence electrons. The molecule has 0 spiro atoms. The Hall–Kier alpha value is -3.39. The molecule has 1 aromatic heterocycles. The summed E-state index contributed by atoms with van der Waals surface area (Å²) in [5, 5.41) is 2.03. The fourth-order valence-corrected chi connectivity index (χ4v) is 5.18. The molecular weight excluding hydrogens is 467 g/mol. The number of methoxy groups -OCH3 is 1. The molecule has 2 amide bonds. The Morgan fingerprint density at radius 2 is 1.91 bits per heavy atom. The number of thiophene rings is 1. The number of nitrogens with zero attached hydrogens (tertiary/aromatic N) is 2. The molecule has 6 nitrogen and oxygen atoms in total. The van der Waals surface area contributed by atoms with Gasteiger partial charge in [0.05, 0.1) is 18.7 Å². The number of halogens is 1. The number of carbonyl (C=O) groups is 2. The first kappa shape index (κ1) is 24.7. The van der Waals surface area contributed by atoms with Crippen LogP contribution in [-0.4, -0.2) is 54.5 Å². The third kappa shape index (κ3) is 5.48. The van der Waals surface area contributed by atoms with E-state index in [4.69, 9.17) is 9.47 Å². The van der Waals surface area contributed by atoms with Crippen molar-refractivity contribution in [1.29, 1.82) is 0 Å². The Bertz CT molecular complexity index is 1200. The van der Waals surface area contributed by atoms with Gasteiger partial charge in [0.25, 0.3) is 5.91 Å². The van der Waals surface area contributed by atoms with Gasteiger partial charge in [-0.3, -0.25) is 9.59 Å². The van der Waals surface area contributed by atoms with Gasteiger partial charge in [0, 0.05) is 23.5 Å². The van der Waals surface area contributed by atoms with Gasteiger partial charge in [0.2, 0.25) is 5.91 Å². The van der Waals surface area contributed by atoms with Crippen LogP contribution in [0.5, 0.6) is 11.5 Å². The molecule has 1 aliphatic rings. The quantitative estimate of drug-likeness (QED) is 0.443. The molecule has 1 aliphatic heterocycles. The molecule has 0 saturated carbocycles. The molecule has 2 aromatic carbocycles. The maximum absolute atomic E-state index is 14.3. The number of ether oxygens (including phenoxy) is 2. The standard InChI is InChI=1S/C27H29FN2O4S/c1-18(2)30(27(32)21-9-4-5-10-23(21)28)16-26(31)29-13-11-25-22(12-14-35-25)24(29)17-34-20-8-6-7-19(15-20)33-3/h4-10,12,14-15,18,24H,11,13,16-17H2,1-3H3. The summed E-state index contributed by atoms with van der Waals surface area (Å²) < 4.78 is 25.7. The molecule has 0 N–H and O–H groups in total. The van der Waals surface area contributed by atoms with Gasteiger partial charge in [0.15, 0.2) is 0 Å². The van der Waals surface area contributed by atoms with E-state index in [9.17, 15) is 14.0 Å². The fourth-order valence-electron chi connectivity index (χ4n) is 4.26. The van der Waals surface area contributed by atoms with Crippen LogP contribution in [0.15, 0.2) is 60.0 Å². The molecule has 2 heterocycles. The smallest absolute Gasteiger partial charge is 0.257 e. The largest absolute Gasteiger partial charge is 0.497 e. The number of fused-ring (bicyclic) bond motifs is 1. The Morgan fingerprint density at radius 1 is 1.14 bits per heavy atom. The van der Waals surface area contributed by atoms with Crippen molar-refractivity contribution in [2.75, 3.05) is 26.8 Å². The lowest BCUT2D eigenvalue weighted by Crippen LogP contribution is -2.49. The molecular formula is C27H29FN2O4S. The Kier molecular flexibility index (Phi) is 7.70. The van der Waals surface area contributed by atoms with Crippen molar-refractivity contribution in [1.82, 2.24) is 9.80 Å². The zero-order valence-corrected chi connectivity index (χ0v) is 20.9. The van der Waals surface area contributed by atoms with E-state index >= 15 is 0 Å². The van der Waals surface area contributed by atoms with E-state index in [-0.39, 0.29) is 36.7 Å². The molecule has 4 rings (SSSR count). The molecule has 0 saturated heterocycles. The van der Waals surface area contributed by atoms with Gasteiger partial charge >= 0.3 is 0 Å². The number of rotatable bonds is 8. The highest BCUT2D eigenvalue weighted by Gasteiger charge is 2.34. The first-order chi connectivity index (χ1) is 16.9. The van der Waals surface area contributed by atoms with E-state index in [0.717, 1.165) is 12.0 Å². The van der Waals surface area contributed by atoms with Crippen LogP contribution in [0.25, 0.3) is 0 Å². The van der Waals surface area contributed by atoms with Gasteiger partial charge in [-0.1, -0.05) is 18.2 Å². The lowest BCUT2D eigenvalue weighted by Gasteiger charge is -2.37. The number of hydrogen-bond donors (Lipinski definition) is 0. The summed E-state index contributed by atoms with van der Waals surface area (Å²) in [6.45, 7) is 4.30. The summed E-state index contributed by atoms with van der Waals surface area (Å²) in [6.07, 6.45) is 0.747. The predicted molar refractivity (Wildman–Crippen MR) is 134 cm³/mol. The second-order valence-electron chi connectivity index (χ2n) is 8.65. The van der Waals surface area contributed by atoms with E-state index in [0.29, 0.717) is 18.0 Å². The third-order valence-corrected chi connectivity index (χ3v) is 7.15. The van der Waals surface area contributed by atoms with Crippen LogP contribution in [0, 0.1) is 5.82 Å². The lowest BCUT2D eigenvalue weighted by molar-refractivity contribution is -0.136. The van der Waals surface area contributed by atoms with Crippen molar-refractivity contribution in [2.24, 2.45) is 0 Å².